The van der Waals surface area contributed by atoms with Crippen molar-refractivity contribution in [3.8, 4) is 5.75 Å². The van der Waals surface area contributed by atoms with Crippen molar-refractivity contribution in [3.05, 3.63) is 24.0 Å². The smallest absolute Gasteiger partial charge is 0.243 e. The van der Waals surface area contributed by atoms with Crippen LogP contribution in [0.3, 0.4) is 0 Å². The second-order valence-corrected chi connectivity index (χ2v) is 4.88. The van der Waals surface area contributed by atoms with Crippen LogP contribution in [0.25, 0.3) is 0 Å². The van der Waals surface area contributed by atoms with Gasteiger partial charge in [-0.25, -0.2) is 4.39 Å². The van der Waals surface area contributed by atoms with Crippen molar-refractivity contribution >= 4 is 29.9 Å². The number of nitrogens with one attached hydrogen (secondary N) is 2. The molecule has 0 saturated carbocycles. The summed E-state index contributed by atoms with van der Waals surface area (Å²) in [6.45, 7) is 3.32. The number of nitrogens with two attached hydrogens (primary N) is 1. The summed E-state index contributed by atoms with van der Waals surface area (Å²) in [6, 6.07) is 3.29. The quantitative estimate of drug-likeness (QED) is 0.731. The highest BCUT2D eigenvalue weighted by Gasteiger charge is 2.18. The van der Waals surface area contributed by atoms with Gasteiger partial charge in [0.1, 0.15) is 11.6 Å². The zero-order valence-electron chi connectivity index (χ0n) is 12.7. The molecule has 6 nitrogen and oxygen atoms in total. The van der Waals surface area contributed by atoms with Crippen molar-refractivity contribution in [2.75, 3.05) is 19.0 Å². The maximum Gasteiger partial charge on any atom is 0.243 e. The van der Waals surface area contributed by atoms with E-state index in [2.05, 4.69) is 10.6 Å². The largest absolute Gasteiger partial charge is 0.497 e. The summed E-state index contributed by atoms with van der Waals surface area (Å²) >= 11 is 0. The molecule has 1 aromatic rings. The van der Waals surface area contributed by atoms with Crippen molar-refractivity contribution < 1.29 is 18.7 Å². The van der Waals surface area contributed by atoms with Gasteiger partial charge >= 0.3 is 0 Å². The lowest BCUT2D eigenvalue weighted by Gasteiger charge is -2.15. The van der Waals surface area contributed by atoms with Gasteiger partial charge in [-0.1, -0.05) is 13.8 Å². The fourth-order valence-electron chi connectivity index (χ4n) is 1.51. The number of carbonyl (C=O) groups excluding carboxylic acids is 2. The van der Waals surface area contributed by atoms with Crippen LogP contribution in [0.1, 0.15) is 13.8 Å². The van der Waals surface area contributed by atoms with Crippen molar-refractivity contribution in [1.29, 1.82) is 0 Å². The van der Waals surface area contributed by atoms with Crippen LogP contribution in [0.2, 0.25) is 0 Å². The lowest BCUT2D eigenvalue weighted by atomic mass is 10.1. The fraction of sp³-hybridized carbons (Fsp3) is 0.429. The highest BCUT2D eigenvalue weighted by atomic mass is 35.5. The molecule has 4 N–H and O–H groups in total. The molecule has 0 aliphatic carbocycles. The summed E-state index contributed by atoms with van der Waals surface area (Å²) < 4.78 is 18.5. The predicted molar refractivity (Wildman–Crippen MR) is 84.7 cm³/mol. The van der Waals surface area contributed by atoms with Gasteiger partial charge in [-0.3, -0.25) is 9.59 Å². The molecule has 124 valence electrons. The summed E-state index contributed by atoms with van der Waals surface area (Å²) in [6.07, 6.45) is 0. The van der Waals surface area contributed by atoms with Crippen LogP contribution in [-0.4, -0.2) is 31.5 Å². The molecule has 0 spiro atoms. The first kappa shape index (κ1) is 20.1. The van der Waals surface area contributed by atoms with Gasteiger partial charge in [-0.15, -0.1) is 12.4 Å². The third-order valence-corrected chi connectivity index (χ3v) is 2.89. The molecule has 22 heavy (non-hydrogen) atoms. The molecule has 0 fully saturated rings. The number of ether oxygens (including phenoxy) is 1. The van der Waals surface area contributed by atoms with Gasteiger partial charge in [0.2, 0.25) is 11.8 Å². The number of methoxy groups -OCH3 is 1. The highest BCUT2D eigenvalue weighted by Crippen LogP contribution is 2.20. The van der Waals surface area contributed by atoms with Gasteiger partial charge in [-0.2, -0.15) is 0 Å². The van der Waals surface area contributed by atoms with Gasteiger partial charge < -0.3 is 21.1 Å². The number of anilines is 1. The molecule has 0 aromatic heterocycles. The average Bonchev–Trinajstić information content (AvgIpc) is 2.46. The first-order valence-corrected chi connectivity index (χ1v) is 6.51. The van der Waals surface area contributed by atoms with E-state index >= 15 is 0 Å². The molecule has 2 amide bonds. The Morgan fingerprint density at radius 3 is 2.55 bits per heavy atom. The number of carbonyl (C=O) groups is 2. The van der Waals surface area contributed by atoms with E-state index in [1.807, 2.05) is 0 Å². The standard InChI is InChI=1S/C14H20FN3O3.ClH/c1-8(2)13(16)14(20)17-7-12(19)18-11-6-9(21-3)4-5-10(11)15;/h4-6,8,13H,7,16H2,1-3H3,(H,17,20)(H,18,19);1H/t13-;/m0./s1. The molecular weight excluding hydrogens is 313 g/mol. The van der Waals surface area contributed by atoms with E-state index in [1.165, 1.54) is 25.3 Å². The molecule has 0 bridgehead atoms. The number of halogens is 2. The van der Waals surface area contributed by atoms with E-state index in [4.69, 9.17) is 10.5 Å². The molecule has 0 radical (unpaired) electrons. The molecule has 0 aliphatic rings. The third kappa shape index (κ3) is 5.87. The zero-order valence-corrected chi connectivity index (χ0v) is 13.5. The Bertz CT molecular complexity index is 526. The Hall–Kier alpha value is -1.86. The van der Waals surface area contributed by atoms with E-state index < -0.39 is 23.7 Å². The van der Waals surface area contributed by atoms with Crippen molar-refractivity contribution in [3.63, 3.8) is 0 Å². The Morgan fingerprint density at radius 1 is 1.36 bits per heavy atom. The number of amides is 2. The van der Waals surface area contributed by atoms with E-state index in [-0.39, 0.29) is 30.6 Å². The number of hydrogen-bond donors (Lipinski definition) is 3. The van der Waals surface area contributed by atoms with Crippen LogP contribution >= 0.6 is 12.4 Å². The zero-order chi connectivity index (χ0) is 16.0. The van der Waals surface area contributed by atoms with E-state index in [9.17, 15) is 14.0 Å². The molecule has 0 unspecified atom stereocenters. The van der Waals surface area contributed by atoms with Crippen LogP contribution in [0.4, 0.5) is 10.1 Å². The van der Waals surface area contributed by atoms with Crippen LogP contribution in [0.5, 0.6) is 5.75 Å². The molecule has 1 atom stereocenters. The van der Waals surface area contributed by atoms with Crippen LogP contribution in [-0.2, 0) is 9.59 Å². The molecule has 1 aromatic carbocycles. The maximum atomic E-state index is 13.5. The number of rotatable bonds is 6. The van der Waals surface area contributed by atoms with Crippen LogP contribution < -0.4 is 21.1 Å². The van der Waals surface area contributed by atoms with Gasteiger partial charge in [0, 0.05) is 6.07 Å². The minimum Gasteiger partial charge on any atom is -0.497 e. The molecule has 0 aliphatic heterocycles. The predicted octanol–water partition coefficient (Wildman–Crippen LogP) is 1.29. The van der Waals surface area contributed by atoms with Gasteiger partial charge in [0.25, 0.3) is 0 Å². The molecule has 1 rings (SSSR count). The summed E-state index contributed by atoms with van der Waals surface area (Å²) in [7, 11) is 1.44. The topological polar surface area (TPSA) is 93.5 Å². The third-order valence-electron chi connectivity index (χ3n) is 2.89. The summed E-state index contributed by atoms with van der Waals surface area (Å²) in [5, 5.41) is 4.76. The first-order chi connectivity index (χ1) is 9.85. The Morgan fingerprint density at radius 2 is 2.00 bits per heavy atom. The van der Waals surface area contributed by atoms with Crippen LogP contribution in [0.15, 0.2) is 18.2 Å². The van der Waals surface area contributed by atoms with Gasteiger partial charge in [0.05, 0.1) is 25.4 Å². The highest BCUT2D eigenvalue weighted by molar-refractivity contribution is 5.95. The van der Waals surface area contributed by atoms with Gasteiger partial charge in [-0.05, 0) is 18.1 Å². The Kier molecular flexibility index (Phi) is 8.44. The van der Waals surface area contributed by atoms with E-state index in [0.29, 0.717) is 5.75 Å². The van der Waals surface area contributed by atoms with Crippen LogP contribution in [0, 0.1) is 11.7 Å². The lowest BCUT2D eigenvalue weighted by Crippen LogP contribution is -2.46. The lowest BCUT2D eigenvalue weighted by molar-refractivity contribution is -0.125. The number of benzene rings is 1. The Balaban J connectivity index is 0.00000441. The maximum absolute atomic E-state index is 13.5. The van der Waals surface area contributed by atoms with Crippen molar-refractivity contribution in [2.24, 2.45) is 11.7 Å². The van der Waals surface area contributed by atoms with E-state index in [0.717, 1.165) is 0 Å². The Labute approximate surface area is 135 Å². The molecular formula is C14H21ClFN3O3. The van der Waals surface area contributed by atoms with Crippen molar-refractivity contribution in [2.45, 2.75) is 19.9 Å². The van der Waals surface area contributed by atoms with Crippen molar-refractivity contribution in [1.82, 2.24) is 5.32 Å². The first-order valence-electron chi connectivity index (χ1n) is 6.51. The molecule has 0 saturated heterocycles. The summed E-state index contributed by atoms with van der Waals surface area (Å²) in [5.41, 5.74) is 5.63. The second kappa shape index (κ2) is 9.22. The average molecular weight is 334 g/mol. The monoisotopic (exact) mass is 333 g/mol. The summed E-state index contributed by atoms with van der Waals surface area (Å²) in [5.74, 6) is -1.19. The SMILES string of the molecule is COc1ccc(F)c(NC(=O)CNC(=O)[C@@H](N)C(C)C)c1.Cl. The number of hydrogen-bond acceptors (Lipinski definition) is 4. The second-order valence-electron chi connectivity index (χ2n) is 4.88. The van der Waals surface area contributed by atoms with Gasteiger partial charge in [0.15, 0.2) is 0 Å². The molecule has 8 heteroatoms. The minimum atomic E-state index is -0.689. The molecule has 0 heterocycles. The summed E-state index contributed by atoms with van der Waals surface area (Å²) in [4.78, 5) is 23.3. The van der Waals surface area contributed by atoms with E-state index in [1.54, 1.807) is 13.8 Å². The fourth-order valence-corrected chi connectivity index (χ4v) is 1.51. The normalized spacial score (nSPS) is 11.4. The minimum absolute atomic E-state index is 0.